The molecular weight excluding hydrogens is 302 g/mol. The lowest BCUT2D eigenvalue weighted by Gasteiger charge is -2.13. The molecule has 0 spiro atoms. The minimum atomic E-state index is -1.46. The predicted octanol–water partition coefficient (Wildman–Crippen LogP) is 1.15. The van der Waals surface area contributed by atoms with Gasteiger partial charge in [-0.2, -0.15) is 0 Å². The fourth-order valence-electron chi connectivity index (χ4n) is 1.46. The van der Waals surface area contributed by atoms with Gasteiger partial charge in [-0.15, -0.1) is 0 Å². The van der Waals surface area contributed by atoms with Crippen LogP contribution in [0.5, 0.6) is 5.75 Å². The molecule has 114 valence electrons. The highest BCUT2D eigenvalue weighted by atomic mass is 35.5. The molecule has 3 N–H and O–H groups in total. The Morgan fingerprint density at radius 2 is 1.90 bits per heavy atom. The number of amides is 1. The number of hydrogen-bond acceptors (Lipinski definition) is 4. The summed E-state index contributed by atoms with van der Waals surface area (Å²) < 4.78 is 5.27. The van der Waals surface area contributed by atoms with Gasteiger partial charge in [0, 0.05) is 0 Å². The molecule has 1 rings (SSSR count). The Morgan fingerprint density at radius 1 is 1.24 bits per heavy atom. The lowest BCUT2D eigenvalue weighted by atomic mass is 10.2. The van der Waals surface area contributed by atoms with E-state index in [1.54, 1.807) is 24.3 Å². The second-order valence-corrected chi connectivity index (χ2v) is 4.49. The molecule has 1 amide bonds. The third kappa shape index (κ3) is 6.13. The summed E-state index contributed by atoms with van der Waals surface area (Å²) in [4.78, 5) is 32.8. The van der Waals surface area contributed by atoms with Gasteiger partial charge in [-0.05, 0) is 12.1 Å². The standard InChI is InChI=1S/C13H14ClNO6/c14-8-3-1-2-4-10(8)21-6-5-11(16)15-9(13(19)20)7-12(17)18/h1-4,9H,5-7H2,(H,15,16)(H,17,18)(H,19,20)/t9-/m0/s1. The van der Waals surface area contributed by atoms with Crippen molar-refractivity contribution in [1.29, 1.82) is 0 Å². The van der Waals surface area contributed by atoms with Gasteiger partial charge in [0.1, 0.15) is 11.8 Å². The number of halogens is 1. The van der Waals surface area contributed by atoms with Crippen LogP contribution in [0.25, 0.3) is 0 Å². The molecule has 0 fully saturated rings. The van der Waals surface area contributed by atoms with Crippen molar-refractivity contribution in [3.8, 4) is 5.75 Å². The maximum absolute atomic E-state index is 11.5. The molecule has 1 atom stereocenters. The molecule has 0 saturated heterocycles. The zero-order chi connectivity index (χ0) is 15.8. The van der Waals surface area contributed by atoms with E-state index in [1.807, 2.05) is 0 Å². The molecule has 8 heteroatoms. The Kier molecular flexibility index (Phi) is 6.48. The maximum atomic E-state index is 11.5. The van der Waals surface area contributed by atoms with Gasteiger partial charge in [-0.25, -0.2) is 4.79 Å². The third-order valence-corrected chi connectivity index (χ3v) is 2.75. The summed E-state index contributed by atoms with van der Waals surface area (Å²) in [6, 6.07) is 5.24. The smallest absolute Gasteiger partial charge is 0.326 e. The number of carboxylic acid groups (broad SMARTS) is 2. The fraction of sp³-hybridized carbons (Fsp3) is 0.308. The summed E-state index contributed by atoms with van der Waals surface area (Å²) in [5.74, 6) is -2.92. The first kappa shape index (κ1) is 16.8. The van der Waals surface area contributed by atoms with Crippen LogP contribution in [0.1, 0.15) is 12.8 Å². The Hall–Kier alpha value is -2.28. The van der Waals surface area contributed by atoms with Gasteiger partial charge in [0.2, 0.25) is 5.91 Å². The quantitative estimate of drug-likeness (QED) is 0.663. The maximum Gasteiger partial charge on any atom is 0.326 e. The van der Waals surface area contributed by atoms with Crippen molar-refractivity contribution in [1.82, 2.24) is 5.32 Å². The molecule has 0 heterocycles. The highest BCUT2D eigenvalue weighted by molar-refractivity contribution is 6.32. The van der Waals surface area contributed by atoms with E-state index in [2.05, 4.69) is 5.32 Å². The highest BCUT2D eigenvalue weighted by Gasteiger charge is 2.22. The van der Waals surface area contributed by atoms with Crippen LogP contribution < -0.4 is 10.1 Å². The van der Waals surface area contributed by atoms with E-state index in [0.29, 0.717) is 10.8 Å². The summed E-state index contributed by atoms with van der Waals surface area (Å²) in [6.45, 7) is -0.00498. The van der Waals surface area contributed by atoms with Gasteiger partial charge in [0.25, 0.3) is 0 Å². The largest absolute Gasteiger partial charge is 0.491 e. The van der Waals surface area contributed by atoms with Gasteiger partial charge < -0.3 is 20.3 Å². The van der Waals surface area contributed by atoms with Crippen molar-refractivity contribution < 1.29 is 29.3 Å². The van der Waals surface area contributed by atoms with Crippen molar-refractivity contribution in [3.05, 3.63) is 29.3 Å². The molecule has 0 aliphatic rings. The van der Waals surface area contributed by atoms with Crippen molar-refractivity contribution in [2.24, 2.45) is 0 Å². The molecule has 0 bridgehead atoms. The molecule has 1 aromatic carbocycles. The Labute approximate surface area is 125 Å². The number of ether oxygens (including phenoxy) is 1. The number of nitrogens with one attached hydrogen (secondary N) is 1. The van der Waals surface area contributed by atoms with Crippen molar-refractivity contribution >= 4 is 29.4 Å². The molecule has 7 nitrogen and oxygen atoms in total. The SMILES string of the molecule is O=C(O)C[C@H](NC(=O)CCOc1ccccc1Cl)C(=O)O. The molecular formula is C13H14ClNO6. The molecule has 0 unspecified atom stereocenters. The van der Waals surface area contributed by atoms with Crippen molar-refractivity contribution in [2.45, 2.75) is 18.9 Å². The second kappa shape index (κ2) is 8.11. The van der Waals surface area contributed by atoms with Gasteiger partial charge >= 0.3 is 11.9 Å². The van der Waals surface area contributed by atoms with Gasteiger partial charge in [0.15, 0.2) is 0 Å². The number of carbonyl (C=O) groups excluding carboxylic acids is 1. The molecule has 1 aromatic rings. The van der Waals surface area contributed by atoms with E-state index in [0.717, 1.165) is 0 Å². The van der Waals surface area contributed by atoms with E-state index < -0.39 is 30.3 Å². The molecule has 0 saturated carbocycles. The molecule has 0 aromatic heterocycles. The molecule has 21 heavy (non-hydrogen) atoms. The minimum Gasteiger partial charge on any atom is -0.491 e. The monoisotopic (exact) mass is 315 g/mol. The van der Waals surface area contributed by atoms with Crippen LogP contribution in [0.2, 0.25) is 5.02 Å². The summed E-state index contributed by atoms with van der Waals surface area (Å²) >= 11 is 5.85. The first-order valence-corrected chi connectivity index (χ1v) is 6.39. The summed E-state index contributed by atoms with van der Waals surface area (Å²) in [5.41, 5.74) is 0. The second-order valence-electron chi connectivity index (χ2n) is 4.09. The van der Waals surface area contributed by atoms with Gasteiger partial charge in [-0.1, -0.05) is 23.7 Å². The predicted molar refractivity (Wildman–Crippen MR) is 73.4 cm³/mol. The van der Waals surface area contributed by atoms with Crippen molar-refractivity contribution in [2.75, 3.05) is 6.61 Å². The van der Waals surface area contributed by atoms with E-state index in [9.17, 15) is 14.4 Å². The Balaban J connectivity index is 2.41. The fourth-order valence-corrected chi connectivity index (χ4v) is 1.65. The Bertz CT molecular complexity index is 533. The van der Waals surface area contributed by atoms with Crippen LogP contribution in [0.3, 0.4) is 0 Å². The number of carboxylic acids is 2. The van der Waals surface area contributed by atoms with Crippen LogP contribution in [-0.2, 0) is 14.4 Å². The van der Waals surface area contributed by atoms with Crippen LogP contribution in [0.15, 0.2) is 24.3 Å². The number of rotatable bonds is 8. The topological polar surface area (TPSA) is 113 Å². The van der Waals surface area contributed by atoms with E-state index in [1.165, 1.54) is 0 Å². The number of benzene rings is 1. The van der Waals surface area contributed by atoms with Gasteiger partial charge in [-0.3, -0.25) is 9.59 Å². The van der Waals surface area contributed by atoms with Crippen LogP contribution in [0, 0.1) is 0 Å². The summed E-state index contributed by atoms with van der Waals surface area (Å²) in [7, 11) is 0. The normalized spacial score (nSPS) is 11.5. The van der Waals surface area contributed by atoms with Crippen LogP contribution in [-0.4, -0.2) is 40.7 Å². The summed E-state index contributed by atoms with van der Waals surface area (Å²) in [5, 5.41) is 19.8. The number of hydrogen-bond donors (Lipinski definition) is 3. The molecule has 0 radical (unpaired) electrons. The molecule has 0 aliphatic heterocycles. The number of carbonyl (C=O) groups is 3. The first-order valence-electron chi connectivity index (χ1n) is 6.01. The zero-order valence-corrected chi connectivity index (χ0v) is 11.7. The Morgan fingerprint density at radius 3 is 2.48 bits per heavy atom. The zero-order valence-electron chi connectivity index (χ0n) is 10.9. The molecule has 0 aliphatic carbocycles. The lowest BCUT2D eigenvalue weighted by Crippen LogP contribution is -2.42. The number of aliphatic carboxylic acids is 2. The summed E-state index contributed by atoms with van der Waals surface area (Å²) in [6.07, 6.45) is -0.804. The van der Waals surface area contributed by atoms with Crippen LogP contribution >= 0.6 is 11.6 Å². The average Bonchev–Trinajstić information content (AvgIpc) is 2.39. The van der Waals surface area contributed by atoms with Crippen LogP contribution in [0.4, 0.5) is 0 Å². The first-order chi connectivity index (χ1) is 9.90. The minimum absolute atomic E-state index is 0.00498. The highest BCUT2D eigenvalue weighted by Crippen LogP contribution is 2.22. The van der Waals surface area contributed by atoms with E-state index in [4.69, 9.17) is 26.6 Å². The van der Waals surface area contributed by atoms with Crippen molar-refractivity contribution in [3.63, 3.8) is 0 Å². The van der Waals surface area contributed by atoms with Gasteiger partial charge in [0.05, 0.1) is 24.5 Å². The van der Waals surface area contributed by atoms with E-state index >= 15 is 0 Å². The average molecular weight is 316 g/mol. The number of para-hydroxylation sites is 1. The van der Waals surface area contributed by atoms with E-state index in [-0.39, 0.29) is 13.0 Å². The third-order valence-electron chi connectivity index (χ3n) is 2.44. The lowest BCUT2D eigenvalue weighted by molar-refractivity contribution is -0.147.